The fraction of sp³-hybridized carbons (Fsp3) is 0.227. The molecule has 0 spiro atoms. The predicted molar refractivity (Wildman–Crippen MR) is 329 cm³/mol. The third kappa shape index (κ3) is 12.3. The first-order valence-electron chi connectivity index (χ1n) is 28.8. The molecule has 0 N–H and O–H groups in total. The zero-order valence-electron chi connectivity index (χ0n) is 45.5. The van der Waals surface area contributed by atoms with Gasteiger partial charge in [-0.3, -0.25) is 9.97 Å². The summed E-state index contributed by atoms with van der Waals surface area (Å²) in [7, 11) is 0. The van der Waals surface area contributed by atoms with E-state index in [2.05, 4.69) is 274 Å². The SMILES string of the molecule is CCN(C1=CCCC(c2ccccc2)=CC=C1)c1ccccc1CC(CC1=CC=CC(c2ccccc2)=CCC1C)C1C(CCc2cccc(-c3ccccc3)n2)c2ccccc2C1CCc1cccc(-c2ccccc2)n1. The Balaban J connectivity index is 0.993. The third-order valence-corrected chi connectivity index (χ3v) is 16.8. The number of pyridine rings is 2. The van der Waals surface area contributed by atoms with Crippen LogP contribution in [-0.4, -0.2) is 16.5 Å². The van der Waals surface area contributed by atoms with E-state index in [1.165, 1.54) is 50.3 Å². The van der Waals surface area contributed by atoms with Crippen LogP contribution in [0, 0.1) is 17.8 Å². The number of para-hydroxylation sites is 1. The van der Waals surface area contributed by atoms with Crippen LogP contribution in [0.5, 0.6) is 0 Å². The summed E-state index contributed by atoms with van der Waals surface area (Å²) in [5.41, 5.74) is 20.6. The lowest BCUT2D eigenvalue weighted by Crippen LogP contribution is -2.28. The molecule has 3 heteroatoms. The summed E-state index contributed by atoms with van der Waals surface area (Å²) in [5, 5.41) is 0. The monoisotopic (exact) mass is 1020 g/mol. The molecule has 78 heavy (non-hydrogen) atoms. The van der Waals surface area contributed by atoms with Gasteiger partial charge >= 0.3 is 0 Å². The van der Waals surface area contributed by atoms with Crippen molar-refractivity contribution in [1.29, 1.82) is 0 Å². The van der Waals surface area contributed by atoms with E-state index < -0.39 is 0 Å². The Morgan fingerprint density at radius 2 is 1.05 bits per heavy atom. The van der Waals surface area contributed by atoms with Gasteiger partial charge in [0.05, 0.1) is 11.4 Å². The molecule has 388 valence electrons. The second-order valence-corrected chi connectivity index (χ2v) is 21.6. The third-order valence-electron chi connectivity index (χ3n) is 16.8. The van der Waals surface area contributed by atoms with Gasteiger partial charge in [0.25, 0.3) is 0 Å². The highest BCUT2D eigenvalue weighted by molar-refractivity contribution is 5.74. The van der Waals surface area contributed by atoms with Gasteiger partial charge in [0.2, 0.25) is 0 Å². The lowest BCUT2D eigenvalue weighted by atomic mass is 9.68. The van der Waals surface area contributed by atoms with Crippen molar-refractivity contribution in [3.05, 3.63) is 305 Å². The summed E-state index contributed by atoms with van der Waals surface area (Å²) in [6.45, 7) is 5.66. The molecule has 0 fully saturated rings. The Kier molecular flexibility index (Phi) is 16.9. The number of aryl methyl sites for hydroxylation is 2. The van der Waals surface area contributed by atoms with Crippen LogP contribution >= 0.6 is 0 Å². The van der Waals surface area contributed by atoms with Gasteiger partial charge in [0, 0.05) is 40.4 Å². The first-order chi connectivity index (χ1) is 38.6. The van der Waals surface area contributed by atoms with E-state index in [-0.39, 0.29) is 0 Å². The van der Waals surface area contributed by atoms with Crippen LogP contribution in [0.4, 0.5) is 5.69 Å². The number of rotatable bonds is 18. The minimum absolute atomic E-state index is 0.330. The Morgan fingerprint density at radius 3 is 1.65 bits per heavy atom. The zero-order valence-corrected chi connectivity index (χ0v) is 45.5. The van der Waals surface area contributed by atoms with Crippen molar-refractivity contribution in [1.82, 2.24) is 9.97 Å². The van der Waals surface area contributed by atoms with E-state index >= 15 is 0 Å². The molecule has 2 heterocycles. The first-order valence-corrected chi connectivity index (χ1v) is 28.8. The standard InChI is InChI=1S/C75H73N3/c1-3-78(67-40-21-35-58(36-22-41-67)56-25-8-4-9-26-56)74-46-19-16-33-63(74)54-64(53-62-37-20-34-59(48-47-55(62)2)57-27-10-5-11-28-57)75-70(51-49-65-38-23-44-72(76-65)60-29-12-6-13-30-60)68-42-17-18-43-69(68)71(75)52-50-66-39-24-45-73(77-66)61-31-14-7-15-32-61/h4-21,23-35,37-46,48,55,64,70-71,75H,3,22,36,47,49-54H2,1-2H3. The average molecular weight is 1020 g/mol. The van der Waals surface area contributed by atoms with Crippen LogP contribution < -0.4 is 4.90 Å². The number of anilines is 1. The van der Waals surface area contributed by atoms with Crippen molar-refractivity contribution in [3.63, 3.8) is 0 Å². The molecular formula is C75H73N3. The second-order valence-electron chi connectivity index (χ2n) is 21.6. The Bertz CT molecular complexity index is 3340. The topological polar surface area (TPSA) is 29.0 Å². The molecule has 0 aliphatic heterocycles. The Hall–Kier alpha value is -8.14. The van der Waals surface area contributed by atoms with Crippen molar-refractivity contribution in [2.45, 2.75) is 83.5 Å². The molecule has 0 radical (unpaired) electrons. The van der Waals surface area contributed by atoms with Gasteiger partial charge in [0.15, 0.2) is 0 Å². The highest BCUT2D eigenvalue weighted by Crippen LogP contribution is 2.56. The number of nitrogens with zero attached hydrogens (tertiary/aromatic N) is 3. The largest absolute Gasteiger partial charge is 0.342 e. The van der Waals surface area contributed by atoms with Crippen molar-refractivity contribution in [3.8, 4) is 22.5 Å². The van der Waals surface area contributed by atoms with Crippen LogP contribution in [0.2, 0.25) is 0 Å². The van der Waals surface area contributed by atoms with Crippen LogP contribution in [0.25, 0.3) is 33.7 Å². The fourth-order valence-corrected chi connectivity index (χ4v) is 12.9. The van der Waals surface area contributed by atoms with Crippen LogP contribution in [0.3, 0.4) is 0 Å². The van der Waals surface area contributed by atoms with E-state index in [4.69, 9.17) is 9.97 Å². The molecule has 3 nitrogen and oxygen atoms in total. The predicted octanol–water partition coefficient (Wildman–Crippen LogP) is 18.9. The van der Waals surface area contributed by atoms with Crippen LogP contribution in [-0.2, 0) is 19.3 Å². The summed E-state index contributed by atoms with van der Waals surface area (Å²) < 4.78 is 0. The maximum Gasteiger partial charge on any atom is 0.0705 e. The molecule has 4 atom stereocenters. The second kappa shape index (κ2) is 25.3. The molecule has 0 saturated carbocycles. The summed E-state index contributed by atoms with van der Waals surface area (Å²) in [6, 6.07) is 75.2. The van der Waals surface area contributed by atoms with Crippen LogP contribution in [0.15, 0.2) is 266 Å². The van der Waals surface area contributed by atoms with Crippen LogP contribution in [0.1, 0.15) is 103 Å². The maximum atomic E-state index is 5.34. The quantitative estimate of drug-likeness (QED) is 0.0858. The smallest absolute Gasteiger partial charge is 0.0705 e. The normalized spacial score (nSPS) is 18.5. The van der Waals surface area contributed by atoms with Crippen molar-refractivity contribution in [2.24, 2.45) is 17.8 Å². The molecule has 2 aromatic heterocycles. The van der Waals surface area contributed by atoms with Gasteiger partial charge in [-0.2, -0.15) is 0 Å². The zero-order chi connectivity index (χ0) is 52.9. The number of allylic oxidation sites excluding steroid dienone is 11. The molecule has 11 rings (SSSR count). The molecular weight excluding hydrogens is 943 g/mol. The number of aromatic nitrogens is 2. The Labute approximate surface area is 464 Å². The van der Waals surface area contributed by atoms with E-state index in [0.717, 1.165) is 98.2 Å². The number of fused-ring (bicyclic) bond motifs is 1. The molecule has 4 unspecified atom stereocenters. The van der Waals surface area contributed by atoms with Gasteiger partial charge in [0.1, 0.15) is 0 Å². The first kappa shape index (κ1) is 51.9. The lowest BCUT2D eigenvalue weighted by Gasteiger charge is -2.37. The van der Waals surface area contributed by atoms with Gasteiger partial charge < -0.3 is 4.90 Å². The molecule has 0 amide bonds. The summed E-state index contributed by atoms with van der Waals surface area (Å²) in [5.74, 6) is 1.75. The number of benzene rings is 6. The van der Waals surface area contributed by atoms with Crippen molar-refractivity contribution >= 4 is 16.8 Å². The lowest BCUT2D eigenvalue weighted by molar-refractivity contribution is 0.233. The van der Waals surface area contributed by atoms with E-state index in [1.807, 2.05) is 0 Å². The number of hydrogen-bond donors (Lipinski definition) is 0. The summed E-state index contributed by atoms with van der Waals surface area (Å²) in [6.07, 6.45) is 27.9. The maximum absolute atomic E-state index is 5.34. The molecule has 8 aromatic rings. The molecule has 0 bridgehead atoms. The van der Waals surface area contributed by atoms with Gasteiger partial charge in [-0.25, -0.2) is 0 Å². The fourth-order valence-electron chi connectivity index (χ4n) is 12.9. The van der Waals surface area contributed by atoms with Crippen molar-refractivity contribution < 1.29 is 0 Å². The Morgan fingerprint density at radius 1 is 0.513 bits per heavy atom. The number of likely N-dealkylation sites (N-methyl/N-ethyl adjacent to an activating group) is 1. The van der Waals surface area contributed by atoms with E-state index in [1.54, 1.807) is 5.57 Å². The van der Waals surface area contributed by atoms with Gasteiger partial charge in [-0.15, -0.1) is 0 Å². The molecule has 3 aliphatic rings. The van der Waals surface area contributed by atoms with Gasteiger partial charge in [-0.05, 0) is 170 Å². The van der Waals surface area contributed by atoms with E-state index in [9.17, 15) is 0 Å². The van der Waals surface area contributed by atoms with E-state index in [0.29, 0.717) is 29.6 Å². The minimum atomic E-state index is 0.330. The highest BCUT2D eigenvalue weighted by atomic mass is 15.1. The summed E-state index contributed by atoms with van der Waals surface area (Å²) in [4.78, 5) is 13.3. The molecule has 6 aromatic carbocycles. The van der Waals surface area contributed by atoms with Gasteiger partial charge in [-0.1, -0.05) is 231 Å². The number of hydrogen-bond acceptors (Lipinski definition) is 3. The minimum Gasteiger partial charge on any atom is -0.342 e. The average Bonchev–Trinajstić information content (AvgIpc) is 3.98. The summed E-state index contributed by atoms with van der Waals surface area (Å²) >= 11 is 0. The molecule has 3 aliphatic carbocycles. The molecule has 0 saturated heterocycles. The highest BCUT2D eigenvalue weighted by Gasteiger charge is 2.44. The van der Waals surface area contributed by atoms with Crippen molar-refractivity contribution in [2.75, 3.05) is 11.4 Å².